The summed E-state index contributed by atoms with van der Waals surface area (Å²) in [7, 11) is 0. The van der Waals surface area contributed by atoms with E-state index in [9.17, 15) is 0 Å². The van der Waals surface area contributed by atoms with Gasteiger partial charge >= 0.3 is 0 Å². The zero-order chi connectivity index (χ0) is 11.5. The lowest BCUT2D eigenvalue weighted by Crippen LogP contribution is -2.38. The van der Waals surface area contributed by atoms with Gasteiger partial charge in [0.15, 0.2) is 0 Å². The Hall–Kier alpha value is -1.32. The van der Waals surface area contributed by atoms with E-state index in [0.29, 0.717) is 0 Å². The lowest BCUT2D eigenvalue weighted by atomic mass is 10.2. The Morgan fingerprint density at radius 2 is 1.82 bits per heavy atom. The number of ether oxygens (including phenoxy) is 1. The third-order valence-corrected chi connectivity index (χ3v) is 3.44. The van der Waals surface area contributed by atoms with Crippen LogP contribution in [0.15, 0.2) is 36.5 Å². The number of hydrogen-bond donors (Lipinski definition) is 0. The van der Waals surface area contributed by atoms with E-state index in [1.807, 2.05) is 0 Å². The Morgan fingerprint density at radius 3 is 2.71 bits per heavy atom. The fourth-order valence-electron chi connectivity index (χ4n) is 2.41. The van der Waals surface area contributed by atoms with E-state index in [2.05, 4.69) is 46.0 Å². The fourth-order valence-corrected chi connectivity index (χ4v) is 2.41. The molecule has 0 bridgehead atoms. The predicted octanol–water partition coefficient (Wildman–Crippen LogP) is 1.97. The summed E-state index contributed by atoms with van der Waals surface area (Å²) in [5, 5.41) is 1.33. The number of morpholine rings is 1. The second kappa shape index (κ2) is 4.90. The van der Waals surface area contributed by atoms with E-state index >= 15 is 0 Å². The van der Waals surface area contributed by atoms with Gasteiger partial charge in [-0.2, -0.15) is 0 Å². The molecule has 0 spiro atoms. The van der Waals surface area contributed by atoms with Crippen LogP contribution in [0.1, 0.15) is 0 Å². The highest BCUT2D eigenvalue weighted by Crippen LogP contribution is 2.14. The number of hydrogen-bond acceptors (Lipinski definition) is 2. The van der Waals surface area contributed by atoms with E-state index in [0.717, 1.165) is 39.4 Å². The summed E-state index contributed by atoms with van der Waals surface area (Å²) in [5.74, 6) is 0. The Balaban J connectivity index is 1.68. The van der Waals surface area contributed by atoms with Crippen LogP contribution in [-0.2, 0) is 11.3 Å². The lowest BCUT2D eigenvalue weighted by molar-refractivity contribution is 0.0365. The highest BCUT2D eigenvalue weighted by atomic mass is 16.5. The average molecular weight is 230 g/mol. The Labute approximate surface area is 102 Å². The van der Waals surface area contributed by atoms with E-state index in [4.69, 9.17) is 4.74 Å². The van der Waals surface area contributed by atoms with Gasteiger partial charge in [0.05, 0.1) is 13.2 Å². The van der Waals surface area contributed by atoms with Crippen molar-refractivity contribution in [2.24, 2.45) is 0 Å². The van der Waals surface area contributed by atoms with Gasteiger partial charge in [0.25, 0.3) is 0 Å². The first-order chi connectivity index (χ1) is 8.43. The molecule has 90 valence electrons. The Morgan fingerprint density at radius 1 is 1.00 bits per heavy atom. The van der Waals surface area contributed by atoms with Crippen molar-refractivity contribution in [3.05, 3.63) is 36.5 Å². The summed E-state index contributed by atoms with van der Waals surface area (Å²) >= 11 is 0. The number of benzene rings is 1. The fraction of sp³-hybridized carbons (Fsp3) is 0.429. The molecule has 3 nitrogen and oxygen atoms in total. The molecule has 0 N–H and O–H groups in total. The van der Waals surface area contributed by atoms with E-state index in [-0.39, 0.29) is 0 Å². The van der Waals surface area contributed by atoms with Crippen LogP contribution in [0.2, 0.25) is 0 Å². The zero-order valence-electron chi connectivity index (χ0n) is 10.0. The molecule has 3 rings (SSSR count). The Kier molecular flexibility index (Phi) is 3.12. The van der Waals surface area contributed by atoms with Crippen molar-refractivity contribution in [3.63, 3.8) is 0 Å². The van der Waals surface area contributed by atoms with Gasteiger partial charge in [0, 0.05) is 37.9 Å². The van der Waals surface area contributed by atoms with Gasteiger partial charge in [-0.15, -0.1) is 0 Å². The molecule has 0 amide bonds. The van der Waals surface area contributed by atoms with Crippen molar-refractivity contribution in [2.75, 3.05) is 32.8 Å². The molecule has 0 radical (unpaired) electrons. The van der Waals surface area contributed by atoms with Crippen LogP contribution in [0.3, 0.4) is 0 Å². The molecule has 3 heteroatoms. The second-order valence-electron chi connectivity index (χ2n) is 4.52. The topological polar surface area (TPSA) is 17.4 Å². The summed E-state index contributed by atoms with van der Waals surface area (Å²) in [5.41, 5.74) is 1.33. The maximum Gasteiger partial charge on any atom is 0.0594 e. The Bertz CT molecular complexity index is 486. The standard InChI is InChI=1S/C14H18N2O/c1-2-4-14-13(3-1)5-6-16(14)8-7-15-9-11-17-12-10-15/h1-6H,7-12H2. The summed E-state index contributed by atoms with van der Waals surface area (Å²) in [4.78, 5) is 2.47. The van der Waals surface area contributed by atoms with Crippen LogP contribution >= 0.6 is 0 Å². The van der Waals surface area contributed by atoms with Gasteiger partial charge in [0.1, 0.15) is 0 Å². The van der Waals surface area contributed by atoms with Gasteiger partial charge in [0.2, 0.25) is 0 Å². The lowest BCUT2D eigenvalue weighted by Gasteiger charge is -2.26. The minimum Gasteiger partial charge on any atom is -0.379 e. The molecule has 17 heavy (non-hydrogen) atoms. The zero-order valence-corrected chi connectivity index (χ0v) is 10.0. The first kappa shape index (κ1) is 10.8. The van der Waals surface area contributed by atoms with Crippen molar-refractivity contribution in [1.29, 1.82) is 0 Å². The molecule has 2 heterocycles. The molecule has 1 saturated heterocycles. The first-order valence-electron chi connectivity index (χ1n) is 6.27. The number of rotatable bonds is 3. The highest BCUT2D eigenvalue weighted by molar-refractivity contribution is 5.79. The summed E-state index contributed by atoms with van der Waals surface area (Å²) < 4.78 is 7.70. The van der Waals surface area contributed by atoms with Crippen molar-refractivity contribution >= 4 is 10.9 Å². The molecule has 0 atom stereocenters. The molecule has 2 aromatic rings. The molecule has 0 unspecified atom stereocenters. The summed E-state index contributed by atoms with van der Waals surface area (Å²) in [6, 6.07) is 10.7. The second-order valence-corrected chi connectivity index (χ2v) is 4.52. The first-order valence-corrected chi connectivity index (χ1v) is 6.27. The third-order valence-electron chi connectivity index (χ3n) is 3.44. The number of nitrogens with zero attached hydrogens (tertiary/aromatic N) is 2. The average Bonchev–Trinajstić information content (AvgIpc) is 2.81. The van der Waals surface area contributed by atoms with E-state index in [1.54, 1.807) is 0 Å². The van der Waals surface area contributed by atoms with Crippen LogP contribution in [0.25, 0.3) is 10.9 Å². The predicted molar refractivity (Wildman–Crippen MR) is 69.2 cm³/mol. The monoisotopic (exact) mass is 230 g/mol. The molecule has 1 aromatic carbocycles. The van der Waals surface area contributed by atoms with Crippen LogP contribution in [-0.4, -0.2) is 42.3 Å². The largest absolute Gasteiger partial charge is 0.379 e. The van der Waals surface area contributed by atoms with Crippen LogP contribution in [0.5, 0.6) is 0 Å². The van der Waals surface area contributed by atoms with Crippen LogP contribution in [0.4, 0.5) is 0 Å². The maximum absolute atomic E-state index is 5.36. The van der Waals surface area contributed by atoms with Gasteiger partial charge in [-0.25, -0.2) is 0 Å². The van der Waals surface area contributed by atoms with Crippen molar-refractivity contribution in [1.82, 2.24) is 9.47 Å². The third kappa shape index (κ3) is 2.35. The number of para-hydroxylation sites is 1. The van der Waals surface area contributed by atoms with E-state index in [1.165, 1.54) is 10.9 Å². The van der Waals surface area contributed by atoms with Gasteiger partial charge in [-0.3, -0.25) is 4.90 Å². The SMILES string of the molecule is c1ccc2c(c1)ccn2CCN1CCOCC1. The minimum absolute atomic E-state index is 0.881. The molecule has 0 saturated carbocycles. The van der Waals surface area contributed by atoms with Crippen LogP contribution in [0, 0.1) is 0 Å². The molecule has 1 fully saturated rings. The van der Waals surface area contributed by atoms with Crippen molar-refractivity contribution in [3.8, 4) is 0 Å². The quantitative estimate of drug-likeness (QED) is 0.802. The van der Waals surface area contributed by atoms with Crippen molar-refractivity contribution in [2.45, 2.75) is 6.54 Å². The molecule has 1 aromatic heterocycles. The smallest absolute Gasteiger partial charge is 0.0594 e. The number of aromatic nitrogens is 1. The molecular weight excluding hydrogens is 212 g/mol. The van der Waals surface area contributed by atoms with Crippen LogP contribution < -0.4 is 0 Å². The van der Waals surface area contributed by atoms with Gasteiger partial charge in [-0.1, -0.05) is 18.2 Å². The number of fused-ring (bicyclic) bond motifs is 1. The minimum atomic E-state index is 0.881. The summed E-state index contributed by atoms with van der Waals surface area (Å²) in [6.45, 7) is 6.08. The highest BCUT2D eigenvalue weighted by Gasteiger charge is 2.10. The molecular formula is C14H18N2O. The molecule has 1 aliphatic rings. The molecule has 0 aliphatic carbocycles. The van der Waals surface area contributed by atoms with Gasteiger partial charge in [-0.05, 0) is 17.5 Å². The van der Waals surface area contributed by atoms with Gasteiger partial charge < -0.3 is 9.30 Å². The molecule has 1 aliphatic heterocycles. The normalized spacial score (nSPS) is 17.6. The van der Waals surface area contributed by atoms with Crippen molar-refractivity contribution < 1.29 is 4.74 Å². The summed E-state index contributed by atoms with van der Waals surface area (Å²) in [6.07, 6.45) is 2.19. The van der Waals surface area contributed by atoms with E-state index < -0.39 is 0 Å². The maximum atomic E-state index is 5.36.